The van der Waals surface area contributed by atoms with Gasteiger partial charge in [-0.15, -0.1) is 0 Å². The summed E-state index contributed by atoms with van der Waals surface area (Å²) in [5.41, 5.74) is 0. The Morgan fingerprint density at radius 2 is 2.22 bits per heavy atom. The maximum absolute atomic E-state index is 10.3. The third-order valence-corrected chi connectivity index (χ3v) is 1.40. The number of nitrogens with one attached hydrogen (secondary N) is 1. The van der Waals surface area contributed by atoms with Crippen molar-refractivity contribution >= 4 is 16.7 Å². The van der Waals surface area contributed by atoms with E-state index in [4.69, 9.17) is 0 Å². The molecule has 0 spiro atoms. The lowest BCUT2D eigenvalue weighted by molar-refractivity contribution is -0.108. The summed E-state index contributed by atoms with van der Waals surface area (Å²) < 4.78 is 26.1. The Morgan fingerprint density at radius 3 is 2.56 bits per heavy atom. The van der Waals surface area contributed by atoms with Crippen molar-refractivity contribution in [3.8, 4) is 0 Å². The Hall–Kier alpha value is -0.620. The molecule has 0 radical (unpaired) electrons. The van der Waals surface area contributed by atoms with Crippen LogP contribution in [0.4, 0.5) is 0 Å². The molecule has 6 heteroatoms. The van der Waals surface area contributed by atoms with E-state index in [0.717, 1.165) is 0 Å². The highest BCUT2D eigenvalue weighted by molar-refractivity contribution is 7.85. The number of amides is 1. The summed E-state index contributed by atoms with van der Waals surface area (Å²) >= 11 is 0. The first-order chi connectivity index (χ1) is 4.12. The molecule has 54 valence electrons. The van der Waals surface area contributed by atoms with E-state index in [2.05, 4.69) is 4.18 Å². The molecule has 0 rings (SSSR count). The van der Waals surface area contributed by atoms with E-state index in [1.54, 1.807) is 0 Å². The minimum absolute atomic E-state index is 0.0170. The van der Waals surface area contributed by atoms with Crippen LogP contribution in [0.1, 0.15) is 6.92 Å². The number of hydrogen-bond donors (Lipinski definition) is 1. The molecule has 9 heavy (non-hydrogen) atoms. The first-order valence-corrected chi connectivity index (χ1v) is 3.63. The van der Waals surface area contributed by atoms with Crippen LogP contribution in [0.3, 0.4) is 0 Å². The Labute approximate surface area is 53.3 Å². The van der Waals surface area contributed by atoms with Gasteiger partial charge in [-0.2, -0.15) is 8.42 Å². The van der Waals surface area contributed by atoms with Crippen LogP contribution < -0.4 is 4.72 Å². The fourth-order valence-corrected chi connectivity index (χ4v) is 0.744. The Morgan fingerprint density at radius 1 is 1.67 bits per heavy atom. The third-order valence-electron chi connectivity index (χ3n) is 0.465. The molecule has 1 N–H and O–H groups in total. The van der Waals surface area contributed by atoms with Gasteiger partial charge in [0.05, 0.1) is 6.61 Å². The van der Waals surface area contributed by atoms with Gasteiger partial charge in [0, 0.05) is 0 Å². The first kappa shape index (κ1) is 8.38. The van der Waals surface area contributed by atoms with E-state index in [-0.39, 0.29) is 13.0 Å². The van der Waals surface area contributed by atoms with E-state index < -0.39 is 10.3 Å². The van der Waals surface area contributed by atoms with Crippen molar-refractivity contribution in [2.75, 3.05) is 6.61 Å². The normalized spacial score (nSPS) is 10.8. The molecule has 0 aliphatic rings. The van der Waals surface area contributed by atoms with E-state index in [0.29, 0.717) is 0 Å². The molecule has 0 heterocycles. The summed E-state index contributed by atoms with van der Waals surface area (Å²) in [6.45, 7) is 1.52. The van der Waals surface area contributed by atoms with E-state index in [1.807, 2.05) is 0 Å². The zero-order valence-corrected chi connectivity index (χ0v) is 5.64. The van der Waals surface area contributed by atoms with Gasteiger partial charge < -0.3 is 0 Å². The minimum Gasteiger partial charge on any atom is -0.278 e. The molecule has 0 aliphatic heterocycles. The van der Waals surface area contributed by atoms with Crippen LogP contribution in [0, 0.1) is 0 Å². The fraction of sp³-hybridized carbons (Fsp3) is 0.667. The second-order valence-corrected chi connectivity index (χ2v) is 2.48. The Balaban J connectivity index is 3.88. The Kier molecular flexibility index (Phi) is 3.18. The van der Waals surface area contributed by atoms with Crippen molar-refractivity contribution in [2.45, 2.75) is 6.92 Å². The summed E-state index contributed by atoms with van der Waals surface area (Å²) in [5.74, 6) is 0. The summed E-state index contributed by atoms with van der Waals surface area (Å²) in [6, 6.07) is 0. The van der Waals surface area contributed by atoms with Crippen LogP contribution in [0.15, 0.2) is 0 Å². The van der Waals surface area contributed by atoms with Crippen molar-refractivity contribution in [3.05, 3.63) is 0 Å². The maximum Gasteiger partial charge on any atom is 0.361 e. The summed E-state index contributed by atoms with van der Waals surface area (Å²) in [7, 11) is -3.80. The molecule has 0 aromatic carbocycles. The number of carbonyl (C=O) groups excluding carboxylic acids is 1. The SMILES string of the molecule is CCOS(=O)(=O)NC=O. The molecular formula is C3H7NO4S. The quantitative estimate of drug-likeness (QED) is 0.526. The topological polar surface area (TPSA) is 72.5 Å². The van der Waals surface area contributed by atoms with Crippen molar-refractivity contribution in [2.24, 2.45) is 0 Å². The maximum atomic E-state index is 10.3. The lowest BCUT2D eigenvalue weighted by Crippen LogP contribution is -2.23. The number of hydrogen-bond acceptors (Lipinski definition) is 4. The van der Waals surface area contributed by atoms with Crippen molar-refractivity contribution in [1.82, 2.24) is 4.72 Å². The van der Waals surface area contributed by atoms with Crippen LogP contribution in [0.25, 0.3) is 0 Å². The van der Waals surface area contributed by atoms with Crippen LogP contribution in [0.5, 0.6) is 0 Å². The number of carbonyl (C=O) groups is 1. The second-order valence-electron chi connectivity index (χ2n) is 1.10. The van der Waals surface area contributed by atoms with Crippen molar-refractivity contribution in [1.29, 1.82) is 0 Å². The molecule has 0 atom stereocenters. The standard InChI is InChI=1S/C3H7NO4S/c1-2-8-9(6,7)4-3-5/h3H,2H2,1H3,(H,4,5). The summed E-state index contributed by atoms with van der Waals surface area (Å²) in [5, 5.41) is 0. The molecule has 0 saturated heterocycles. The zero-order chi connectivity index (χ0) is 7.33. The average molecular weight is 153 g/mol. The van der Waals surface area contributed by atoms with Crippen LogP contribution in [0.2, 0.25) is 0 Å². The van der Waals surface area contributed by atoms with Crippen LogP contribution in [-0.2, 0) is 19.3 Å². The van der Waals surface area contributed by atoms with Gasteiger partial charge in [0.1, 0.15) is 0 Å². The molecule has 0 fully saturated rings. The van der Waals surface area contributed by atoms with Gasteiger partial charge in [0.25, 0.3) is 0 Å². The van der Waals surface area contributed by atoms with Gasteiger partial charge in [-0.3, -0.25) is 8.98 Å². The second kappa shape index (κ2) is 3.41. The molecule has 0 aromatic heterocycles. The highest BCUT2D eigenvalue weighted by atomic mass is 32.2. The molecule has 5 nitrogen and oxygen atoms in total. The molecule has 0 saturated carbocycles. The summed E-state index contributed by atoms with van der Waals surface area (Å²) in [6.07, 6.45) is 0.0466. The van der Waals surface area contributed by atoms with Gasteiger partial charge in [0.15, 0.2) is 0 Å². The highest BCUT2D eigenvalue weighted by Crippen LogP contribution is 1.82. The van der Waals surface area contributed by atoms with Crippen molar-refractivity contribution < 1.29 is 17.4 Å². The van der Waals surface area contributed by atoms with Gasteiger partial charge in [0.2, 0.25) is 6.41 Å². The van der Waals surface area contributed by atoms with E-state index >= 15 is 0 Å². The lowest BCUT2D eigenvalue weighted by Gasteiger charge is -1.97. The zero-order valence-electron chi connectivity index (χ0n) is 4.83. The van der Waals surface area contributed by atoms with Gasteiger partial charge in [-0.1, -0.05) is 0 Å². The molecule has 0 bridgehead atoms. The van der Waals surface area contributed by atoms with Gasteiger partial charge in [-0.05, 0) is 6.92 Å². The molecule has 0 aliphatic carbocycles. The third kappa shape index (κ3) is 3.92. The Bertz CT molecular complexity index is 172. The molecule has 0 unspecified atom stereocenters. The van der Waals surface area contributed by atoms with Crippen LogP contribution in [-0.4, -0.2) is 21.4 Å². The molecule has 0 aromatic rings. The van der Waals surface area contributed by atoms with Crippen molar-refractivity contribution in [3.63, 3.8) is 0 Å². The first-order valence-electron chi connectivity index (χ1n) is 2.22. The molecular weight excluding hydrogens is 146 g/mol. The predicted octanol–water partition coefficient (Wildman–Crippen LogP) is -0.986. The summed E-state index contributed by atoms with van der Waals surface area (Å²) in [4.78, 5) is 9.53. The fourth-order valence-electron chi connectivity index (χ4n) is 0.248. The highest BCUT2D eigenvalue weighted by Gasteiger charge is 2.04. The van der Waals surface area contributed by atoms with Gasteiger partial charge >= 0.3 is 10.3 Å². The smallest absolute Gasteiger partial charge is 0.278 e. The predicted molar refractivity (Wildman–Crippen MR) is 29.7 cm³/mol. The molecule has 1 amide bonds. The van der Waals surface area contributed by atoms with Crippen LogP contribution >= 0.6 is 0 Å². The monoisotopic (exact) mass is 153 g/mol. The average Bonchev–Trinajstić information content (AvgIpc) is 1.64. The van der Waals surface area contributed by atoms with E-state index in [1.165, 1.54) is 11.6 Å². The van der Waals surface area contributed by atoms with Gasteiger partial charge in [-0.25, -0.2) is 4.72 Å². The number of rotatable bonds is 4. The lowest BCUT2D eigenvalue weighted by atomic mass is 10.9. The minimum atomic E-state index is -3.80. The largest absolute Gasteiger partial charge is 0.361 e. The van der Waals surface area contributed by atoms with E-state index in [9.17, 15) is 13.2 Å².